The summed E-state index contributed by atoms with van der Waals surface area (Å²) in [5.74, 6) is 0. The smallest absolute Gasteiger partial charge is 0.173 e. The van der Waals surface area contributed by atoms with Gasteiger partial charge in [0.2, 0.25) is 0 Å². The van der Waals surface area contributed by atoms with Crippen LogP contribution in [0.4, 0.5) is 5.69 Å². The van der Waals surface area contributed by atoms with Crippen molar-refractivity contribution in [3.05, 3.63) is 29.8 Å². The van der Waals surface area contributed by atoms with E-state index in [4.69, 9.17) is 12.2 Å². The fourth-order valence-corrected chi connectivity index (χ4v) is 2.47. The molecular formula is C14H20N2S. The Labute approximate surface area is 109 Å². The summed E-state index contributed by atoms with van der Waals surface area (Å²) in [4.78, 5) is 2.28. The van der Waals surface area contributed by atoms with E-state index in [0.717, 1.165) is 30.3 Å². The van der Waals surface area contributed by atoms with Crippen molar-refractivity contribution in [3.63, 3.8) is 0 Å². The molecular weight excluding hydrogens is 228 g/mol. The van der Waals surface area contributed by atoms with Gasteiger partial charge in [-0.25, -0.2) is 0 Å². The molecule has 1 aliphatic heterocycles. The van der Waals surface area contributed by atoms with Gasteiger partial charge < -0.3 is 10.2 Å². The molecule has 1 N–H and O–H groups in total. The SMILES string of the molecule is CCc1cccc(NC(=S)N2CCCCC2)c1. The molecule has 0 aromatic heterocycles. The number of piperidine rings is 1. The lowest BCUT2D eigenvalue weighted by Gasteiger charge is -2.29. The van der Waals surface area contributed by atoms with Crippen LogP contribution >= 0.6 is 12.2 Å². The summed E-state index contributed by atoms with van der Waals surface area (Å²) < 4.78 is 0. The Hall–Kier alpha value is -1.09. The Morgan fingerprint density at radius 3 is 2.76 bits per heavy atom. The standard InChI is InChI=1S/C14H20N2S/c1-2-12-7-6-8-13(11-12)15-14(17)16-9-4-3-5-10-16/h6-8,11H,2-5,9-10H2,1H3,(H,15,17). The van der Waals surface area contributed by atoms with Crippen molar-refractivity contribution < 1.29 is 0 Å². The van der Waals surface area contributed by atoms with Gasteiger partial charge in [-0.1, -0.05) is 19.1 Å². The molecule has 1 heterocycles. The molecule has 1 aromatic rings. The summed E-state index contributed by atoms with van der Waals surface area (Å²) >= 11 is 5.45. The van der Waals surface area contributed by atoms with E-state index in [2.05, 4.69) is 41.4 Å². The van der Waals surface area contributed by atoms with E-state index in [1.807, 2.05) is 0 Å². The third-order valence-electron chi connectivity index (χ3n) is 3.23. The molecule has 0 atom stereocenters. The molecule has 0 radical (unpaired) electrons. The molecule has 0 bridgehead atoms. The summed E-state index contributed by atoms with van der Waals surface area (Å²) in [6.45, 7) is 4.36. The third-order valence-corrected chi connectivity index (χ3v) is 3.59. The zero-order valence-electron chi connectivity index (χ0n) is 10.4. The second kappa shape index (κ2) is 6.01. The van der Waals surface area contributed by atoms with Crippen molar-refractivity contribution >= 4 is 23.0 Å². The van der Waals surface area contributed by atoms with Gasteiger partial charge in [0.05, 0.1) is 0 Å². The molecule has 0 saturated carbocycles. The first-order valence-electron chi connectivity index (χ1n) is 6.44. The number of anilines is 1. The van der Waals surface area contributed by atoms with Crippen molar-refractivity contribution in [1.29, 1.82) is 0 Å². The maximum Gasteiger partial charge on any atom is 0.173 e. The summed E-state index contributed by atoms with van der Waals surface area (Å²) in [6, 6.07) is 8.49. The number of hydrogen-bond acceptors (Lipinski definition) is 1. The van der Waals surface area contributed by atoms with E-state index in [9.17, 15) is 0 Å². The van der Waals surface area contributed by atoms with Crippen LogP contribution in [0.2, 0.25) is 0 Å². The fraction of sp³-hybridized carbons (Fsp3) is 0.500. The predicted molar refractivity (Wildman–Crippen MR) is 77.5 cm³/mol. The Morgan fingerprint density at radius 1 is 1.29 bits per heavy atom. The monoisotopic (exact) mass is 248 g/mol. The first kappa shape index (κ1) is 12.4. The molecule has 17 heavy (non-hydrogen) atoms. The number of benzene rings is 1. The lowest BCUT2D eigenvalue weighted by Crippen LogP contribution is -2.38. The number of aryl methyl sites for hydroxylation is 1. The van der Waals surface area contributed by atoms with Gasteiger partial charge >= 0.3 is 0 Å². The minimum absolute atomic E-state index is 0.873. The summed E-state index contributed by atoms with van der Waals surface area (Å²) in [5, 5.41) is 4.22. The Morgan fingerprint density at radius 2 is 2.06 bits per heavy atom. The lowest BCUT2D eigenvalue weighted by molar-refractivity contribution is 0.346. The Kier molecular flexibility index (Phi) is 4.37. The molecule has 0 unspecified atom stereocenters. The summed E-state index contributed by atoms with van der Waals surface area (Å²) in [5.41, 5.74) is 2.45. The molecule has 1 aromatic carbocycles. The van der Waals surface area contributed by atoms with Crippen LogP contribution in [-0.2, 0) is 6.42 Å². The van der Waals surface area contributed by atoms with Crippen LogP contribution in [0.15, 0.2) is 24.3 Å². The fourth-order valence-electron chi connectivity index (χ4n) is 2.17. The van der Waals surface area contributed by atoms with Gasteiger partial charge in [0.1, 0.15) is 0 Å². The van der Waals surface area contributed by atoms with Crippen molar-refractivity contribution in [3.8, 4) is 0 Å². The molecule has 1 saturated heterocycles. The van der Waals surface area contributed by atoms with Crippen LogP contribution in [0, 0.1) is 0 Å². The van der Waals surface area contributed by atoms with Crippen molar-refractivity contribution in [1.82, 2.24) is 4.90 Å². The van der Waals surface area contributed by atoms with E-state index in [1.165, 1.54) is 24.8 Å². The first-order chi connectivity index (χ1) is 8.29. The van der Waals surface area contributed by atoms with Crippen LogP contribution in [-0.4, -0.2) is 23.1 Å². The van der Waals surface area contributed by atoms with E-state index in [0.29, 0.717) is 0 Å². The quantitative estimate of drug-likeness (QED) is 0.807. The average Bonchev–Trinajstić information content (AvgIpc) is 2.40. The van der Waals surface area contributed by atoms with Gasteiger partial charge in [-0.05, 0) is 55.6 Å². The molecule has 2 nitrogen and oxygen atoms in total. The average molecular weight is 248 g/mol. The van der Waals surface area contributed by atoms with Crippen molar-refractivity contribution in [2.45, 2.75) is 32.6 Å². The molecule has 92 valence electrons. The summed E-state index contributed by atoms with van der Waals surface area (Å²) in [6.07, 6.45) is 4.92. The Balaban J connectivity index is 1.96. The molecule has 0 aliphatic carbocycles. The minimum atomic E-state index is 0.873. The van der Waals surface area contributed by atoms with Gasteiger partial charge in [-0.2, -0.15) is 0 Å². The topological polar surface area (TPSA) is 15.3 Å². The van der Waals surface area contributed by atoms with E-state index in [1.54, 1.807) is 0 Å². The second-order valence-corrected chi connectivity index (χ2v) is 4.92. The zero-order chi connectivity index (χ0) is 12.1. The first-order valence-corrected chi connectivity index (χ1v) is 6.85. The number of thiocarbonyl (C=S) groups is 1. The van der Waals surface area contributed by atoms with Crippen molar-refractivity contribution in [2.24, 2.45) is 0 Å². The maximum absolute atomic E-state index is 5.45. The van der Waals surface area contributed by atoms with E-state index in [-0.39, 0.29) is 0 Å². The highest BCUT2D eigenvalue weighted by atomic mass is 32.1. The summed E-state index contributed by atoms with van der Waals surface area (Å²) in [7, 11) is 0. The molecule has 2 rings (SSSR count). The molecule has 0 spiro atoms. The number of rotatable bonds is 2. The van der Waals surface area contributed by atoms with Crippen LogP contribution in [0.25, 0.3) is 0 Å². The zero-order valence-corrected chi connectivity index (χ0v) is 11.2. The van der Waals surface area contributed by atoms with E-state index < -0.39 is 0 Å². The number of hydrogen-bond donors (Lipinski definition) is 1. The van der Waals surface area contributed by atoms with Crippen LogP contribution in [0.3, 0.4) is 0 Å². The maximum atomic E-state index is 5.45. The lowest BCUT2D eigenvalue weighted by atomic mass is 10.1. The van der Waals surface area contributed by atoms with Gasteiger partial charge in [-0.3, -0.25) is 0 Å². The van der Waals surface area contributed by atoms with Gasteiger partial charge in [0.25, 0.3) is 0 Å². The molecule has 1 aliphatic rings. The molecule has 3 heteroatoms. The highest BCUT2D eigenvalue weighted by molar-refractivity contribution is 7.80. The van der Waals surface area contributed by atoms with Gasteiger partial charge in [0.15, 0.2) is 5.11 Å². The van der Waals surface area contributed by atoms with Crippen molar-refractivity contribution in [2.75, 3.05) is 18.4 Å². The van der Waals surface area contributed by atoms with E-state index >= 15 is 0 Å². The van der Waals surface area contributed by atoms with Gasteiger partial charge in [-0.15, -0.1) is 0 Å². The minimum Gasteiger partial charge on any atom is -0.349 e. The predicted octanol–water partition coefficient (Wildman–Crippen LogP) is 3.43. The number of nitrogens with zero attached hydrogens (tertiary/aromatic N) is 1. The van der Waals surface area contributed by atoms with Crippen LogP contribution in [0.1, 0.15) is 31.7 Å². The third kappa shape index (κ3) is 3.43. The largest absolute Gasteiger partial charge is 0.349 e. The van der Waals surface area contributed by atoms with Crippen LogP contribution in [0.5, 0.6) is 0 Å². The highest BCUT2D eigenvalue weighted by Gasteiger charge is 2.13. The highest BCUT2D eigenvalue weighted by Crippen LogP contribution is 2.14. The van der Waals surface area contributed by atoms with Crippen LogP contribution < -0.4 is 5.32 Å². The molecule has 0 amide bonds. The Bertz CT molecular complexity index is 384. The number of likely N-dealkylation sites (tertiary alicyclic amines) is 1. The number of nitrogens with one attached hydrogen (secondary N) is 1. The normalized spacial score (nSPS) is 15.7. The second-order valence-electron chi connectivity index (χ2n) is 4.53. The van der Waals surface area contributed by atoms with Gasteiger partial charge in [0, 0.05) is 18.8 Å². The molecule has 1 fully saturated rings.